The Morgan fingerprint density at radius 3 is 1.96 bits per heavy atom. The maximum atomic E-state index is 5.31. The molecular weight excluding hydrogens is 348 g/mol. The molecule has 0 amide bonds. The van der Waals surface area contributed by atoms with Gasteiger partial charge in [0, 0.05) is 17.8 Å². The summed E-state index contributed by atoms with van der Waals surface area (Å²) in [4.78, 5) is 13.0. The standard InChI is InChI=1S/C17H26N8S/c1-10(2)18-14-21-15(19-11(3)4)23-16(22-14)24-25-17(26)20-13-9-7-6-8-12(13)5/h6-11H,1-5H3,(H2,20,25,26)(H3,18,19,21,22,23,24). The van der Waals surface area contributed by atoms with Gasteiger partial charge in [-0.2, -0.15) is 15.0 Å². The Balaban J connectivity index is 2.04. The van der Waals surface area contributed by atoms with E-state index in [-0.39, 0.29) is 12.1 Å². The molecule has 0 radical (unpaired) electrons. The Labute approximate surface area is 159 Å². The van der Waals surface area contributed by atoms with Crippen molar-refractivity contribution in [1.29, 1.82) is 0 Å². The minimum Gasteiger partial charge on any atom is -0.352 e. The van der Waals surface area contributed by atoms with Gasteiger partial charge < -0.3 is 16.0 Å². The van der Waals surface area contributed by atoms with Crippen molar-refractivity contribution in [2.24, 2.45) is 0 Å². The third-order valence-electron chi connectivity index (χ3n) is 3.15. The van der Waals surface area contributed by atoms with Gasteiger partial charge in [0.05, 0.1) is 0 Å². The average molecular weight is 375 g/mol. The number of aromatic nitrogens is 3. The Bertz CT molecular complexity index is 719. The van der Waals surface area contributed by atoms with E-state index in [0.717, 1.165) is 11.3 Å². The highest BCUT2D eigenvalue weighted by Crippen LogP contribution is 2.13. The van der Waals surface area contributed by atoms with Crippen LogP contribution in [-0.4, -0.2) is 32.1 Å². The SMILES string of the molecule is Cc1ccccc1NC(=S)NNc1nc(NC(C)C)nc(NC(C)C)n1. The van der Waals surface area contributed by atoms with Crippen LogP contribution in [0.3, 0.4) is 0 Å². The number of hydrogen-bond acceptors (Lipinski definition) is 7. The molecule has 0 atom stereocenters. The Hall–Kier alpha value is -2.68. The van der Waals surface area contributed by atoms with Crippen LogP contribution in [0.1, 0.15) is 33.3 Å². The first-order chi connectivity index (χ1) is 12.3. The number of nitrogens with one attached hydrogen (secondary N) is 5. The fourth-order valence-electron chi connectivity index (χ4n) is 2.06. The fourth-order valence-corrected chi connectivity index (χ4v) is 2.22. The van der Waals surface area contributed by atoms with E-state index in [1.165, 1.54) is 0 Å². The lowest BCUT2D eigenvalue weighted by molar-refractivity contribution is 0.842. The van der Waals surface area contributed by atoms with Crippen molar-refractivity contribution in [3.8, 4) is 0 Å². The Kier molecular flexibility index (Phi) is 6.90. The molecule has 5 N–H and O–H groups in total. The molecule has 26 heavy (non-hydrogen) atoms. The number of hydrogen-bond donors (Lipinski definition) is 5. The predicted molar refractivity (Wildman–Crippen MR) is 112 cm³/mol. The molecule has 0 bridgehead atoms. The molecule has 0 aliphatic heterocycles. The summed E-state index contributed by atoms with van der Waals surface area (Å²) in [5.41, 5.74) is 7.85. The molecule has 1 aromatic heterocycles. The van der Waals surface area contributed by atoms with Gasteiger partial charge in [-0.3, -0.25) is 10.9 Å². The number of aryl methyl sites for hydroxylation is 1. The molecule has 0 saturated heterocycles. The number of anilines is 4. The molecule has 140 valence electrons. The first kappa shape index (κ1) is 19.6. The summed E-state index contributed by atoms with van der Waals surface area (Å²) in [6.07, 6.45) is 0. The van der Waals surface area contributed by atoms with Gasteiger partial charge in [-0.05, 0) is 58.5 Å². The lowest BCUT2D eigenvalue weighted by Crippen LogP contribution is -2.34. The third kappa shape index (κ3) is 6.32. The zero-order valence-corrected chi connectivity index (χ0v) is 16.5. The van der Waals surface area contributed by atoms with E-state index in [2.05, 4.69) is 41.8 Å². The van der Waals surface area contributed by atoms with Crippen LogP contribution in [0.4, 0.5) is 23.5 Å². The molecule has 0 spiro atoms. The normalized spacial score (nSPS) is 10.6. The zero-order chi connectivity index (χ0) is 19.1. The molecule has 8 nitrogen and oxygen atoms in total. The van der Waals surface area contributed by atoms with E-state index in [4.69, 9.17) is 12.2 Å². The lowest BCUT2D eigenvalue weighted by Gasteiger charge is -2.16. The summed E-state index contributed by atoms with van der Waals surface area (Å²) in [5.74, 6) is 1.33. The van der Waals surface area contributed by atoms with Gasteiger partial charge in [-0.1, -0.05) is 18.2 Å². The van der Waals surface area contributed by atoms with E-state index in [9.17, 15) is 0 Å². The van der Waals surface area contributed by atoms with Crippen LogP contribution in [-0.2, 0) is 0 Å². The van der Waals surface area contributed by atoms with Crippen LogP contribution >= 0.6 is 12.2 Å². The minimum atomic E-state index is 0.203. The highest BCUT2D eigenvalue weighted by Gasteiger charge is 2.09. The molecule has 0 saturated carbocycles. The fraction of sp³-hybridized carbons (Fsp3) is 0.412. The lowest BCUT2D eigenvalue weighted by atomic mass is 10.2. The van der Waals surface area contributed by atoms with Crippen LogP contribution in [0.15, 0.2) is 24.3 Å². The van der Waals surface area contributed by atoms with Crippen molar-refractivity contribution < 1.29 is 0 Å². The molecule has 0 aliphatic carbocycles. The van der Waals surface area contributed by atoms with Gasteiger partial charge in [-0.15, -0.1) is 0 Å². The van der Waals surface area contributed by atoms with Crippen molar-refractivity contribution in [3.63, 3.8) is 0 Å². The van der Waals surface area contributed by atoms with Gasteiger partial charge >= 0.3 is 0 Å². The maximum absolute atomic E-state index is 5.31. The highest BCUT2D eigenvalue weighted by molar-refractivity contribution is 7.80. The molecule has 1 heterocycles. The van der Waals surface area contributed by atoms with E-state index in [1.807, 2.05) is 58.9 Å². The van der Waals surface area contributed by atoms with Crippen LogP contribution < -0.4 is 26.8 Å². The van der Waals surface area contributed by atoms with Gasteiger partial charge in [0.2, 0.25) is 17.8 Å². The summed E-state index contributed by atoms with van der Waals surface area (Å²) >= 11 is 5.31. The second kappa shape index (κ2) is 9.14. The number of hydrazine groups is 1. The predicted octanol–water partition coefficient (Wildman–Crippen LogP) is 3.13. The van der Waals surface area contributed by atoms with Gasteiger partial charge in [0.15, 0.2) is 5.11 Å². The van der Waals surface area contributed by atoms with Gasteiger partial charge in [-0.25, -0.2) is 0 Å². The van der Waals surface area contributed by atoms with E-state index >= 15 is 0 Å². The molecule has 9 heteroatoms. The minimum absolute atomic E-state index is 0.203. The van der Waals surface area contributed by atoms with Crippen molar-refractivity contribution in [3.05, 3.63) is 29.8 Å². The van der Waals surface area contributed by atoms with Crippen LogP contribution in [0.25, 0.3) is 0 Å². The molecule has 0 aliphatic rings. The number of para-hydroxylation sites is 1. The van der Waals surface area contributed by atoms with E-state index in [0.29, 0.717) is 23.0 Å². The highest BCUT2D eigenvalue weighted by atomic mass is 32.1. The number of thiocarbonyl (C=S) groups is 1. The summed E-state index contributed by atoms with van der Waals surface area (Å²) in [6.45, 7) is 10.1. The largest absolute Gasteiger partial charge is 0.352 e. The smallest absolute Gasteiger partial charge is 0.248 e. The van der Waals surface area contributed by atoms with Crippen LogP contribution in [0, 0.1) is 6.92 Å². The molecule has 1 aromatic carbocycles. The van der Waals surface area contributed by atoms with E-state index < -0.39 is 0 Å². The van der Waals surface area contributed by atoms with Gasteiger partial charge in [0.1, 0.15) is 0 Å². The molecular formula is C17H26N8S. The second-order valence-corrected chi connectivity index (χ2v) is 6.83. The number of nitrogens with zero attached hydrogens (tertiary/aromatic N) is 3. The number of benzene rings is 1. The topological polar surface area (TPSA) is 98.8 Å². The van der Waals surface area contributed by atoms with Crippen molar-refractivity contribution in [2.75, 3.05) is 21.4 Å². The third-order valence-corrected chi connectivity index (χ3v) is 3.36. The van der Waals surface area contributed by atoms with Crippen LogP contribution in [0.2, 0.25) is 0 Å². The first-order valence-electron chi connectivity index (χ1n) is 8.51. The van der Waals surface area contributed by atoms with E-state index in [1.54, 1.807) is 0 Å². The van der Waals surface area contributed by atoms with Crippen molar-refractivity contribution in [1.82, 2.24) is 20.4 Å². The molecule has 0 fully saturated rings. The zero-order valence-electron chi connectivity index (χ0n) is 15.7. The molecule has 0 unspecified atom stereocenters. The van der Waals surface area contributed by atoms with Crippen molar-refractivity contribution in [2.45, 2.75) is 46.7 Å². The van der Waals surface area contributed by atoms with Crippen LogP contribution in [0.5, 0.6) is 0 Å². The summed E-state index contributed by atoms with van der Waals surface area (Å²) in [6, 6.07) is 8.31. The molecule has 2 rings (SSSR count). The van der Waals surface area contributed by atoms with Gasteiger partial charge in [0.25, 0.3) is 0 Å². The second-order valence-electron chi connectivity index (χ2n) is 6.42. The maximum Gasteiger partial charge on any atom is 0.248 e. The Morgan fingerprint density at radius 2 is 1.42 bits per heavy atom. The number of rotatable bonds is 7. The summed E-state index contributed by atoms with van der Waals surface area (Å²) in [5, 5.41) is 9.89. The monoisotopic (exact) mass is 374 g/mol. The summed E-state index contributed by atoms with van der Waals surface area (Å²) in [7, 11) is 0. The molecule has 2 aromatic rings. The average Bonchev–Trinajstić information content (AvgIpc) is 2.53. The summed E-state index contributed by atoms with van der Waals surface area (Å²) < 4.78 is 0. The van der Waals surface area contributed by atoms with Crippen molar-refractivity contribution >= 4 is 40.9 Å². The quantitative estimate of drug-likeness (QED) is 0.370. The Morgan fingerprint density at radius 1 is 0.885 bits per heavy atom. The first-order valence-corrected chi connectivity index (χ1v) is 8.92.